The second-order valence-corrected chi connectivity index (χ2v) is 12.5. The number of nitrogens with zero attached hydrogens (tertiary/aromatic N) is 2. The van der Waals surface area contributed by atoms with Crippen LogP contribution < -0.4 is 10.2 Å². The maximum Gasteiger partial charge on any atom is 0.243 e. The van der Waals surface area contributed by atoms with Crippen molar-refractivity contribution < 1.29 is 18.0 Å². The highest BCUT2D eigenvalue weighted by atomic mass is 32.2. The number of anilines is 1. The van der Waals surface area contributed by atoms with E-state index in [4.69, 9.17) is 0 Å². The van der Waals surface area contributed by atoms with Gasteiger partial charge in [0.15, 0.2) is 0 Å². The Bertz CT molecular complexity index is 954. The van der Waals surface area contributed by atoms with Crippen LogP contribution in [0.25, 0.3) is 0 Å². The Labute approximate surface area is 195 Å². The Kier molecular flexibility index (Phi) is 7.47. The second kappa shape index (κ2) is 10.1. The predicted molar refractivity (Wildman–Crippen MR) is 126 cm³/mol. The molecule has 2 fully saturated rings. The van der Waals surface area contributed by atoms with Gasteiger partial charge < -0.3 is 10.2 Å². The molecule has 4 rings (SSSR count). The first-order valence-electron chi connectivity index (χ1n) is 11.7. The lowest BCUT2D eigenvalue weighted by molar-refractivity contribution is -0.124. The highest BCUT2D eigenvalue weighted by Crippen LogP contribution is 2.39. The zero-order chi connectivity index (χ0) is 22.7. The van der Waals surface area contributed by atoms with Gasteiger partial charge in [-0.1, -0.05) is 32.6 Å². The molecule has 32 heavy (non-hydrogen) atoms. The maximum atomic E-state index is 13.2. The number of carbonyl (C=O) groups is 2. The van der Waals surface area contributed by atoms with Gasteiger partial charge in [-0.2, -0.15) is 4.31 Å². The average molecular weight is 480 g/mol. The van der Waals surface area contributed by atoms with E-state index in [0.717, 1.165) is 49.8 Å². The van der Waals surface area contributed by atoms with Crippen molar-refractivity contribution in [1.82, 2.24) is 9.62 Å². The highest BCUT2D eigenvalue weighted by Gasteiger charge is 2.32. The van der Waals surface area contributed by atoms with Crippen molar-refractivity contribution in [3.63, 3.8) is 0 Å². The number of piperidine rings is 1. The van der Waals surface area contributed by atoms with Crippen LogP contribution in [0.3, 0.4) is 0 Å². The standard InChI is InChI=1S/C23H33N3O4S2/c1-17-14-23(28)26(16-22(27)24-18-8-4-2-5-9-18)20-15-19(10-11-21(20)31-17)32(29,30)25-12-6-3-7-13-25/h10-11,15,17-18H,2-9,12-14,16H2,1H3,(H,24,27). The van der Waals surface area contributed by atoms with E-state index >= 15 is 0 Å². The van der Waals surface area contributed by atoms with Crippen molar-refractivity contribution in [3.8, 4) is 0 Å². The molecule has 0 radical (unpaired) electrons. The zero-order valence-corrected chi connectivity index (χ0v) is 20.3. The molecule has 9 heteroatoms. The minimum Gasteiger partial charge on any atom is -0.352 e. The van der Waals surface area contributed by atoms with Crippen LogP contribution in [0.15, 0.2) is 28.0 Å². The van der Waals surface area contributed by atoms with Gasteiger partial charge in [0.05, 0.1) is 10.6 Å². The fraction of sp³-hybridized carbons (Fsp3) is 0.652. The van der Waals surface area contributed by atoms with Crippen LogP contribution in [0.5, 0.6) is 0 Å². The molecule has 2 amide bonds. The second-order valence-electron chi connectivity index (χ2n) is 9.11. The Morgan fingerprint density at radius 2 is 1.78 bits per heavy atom. The molecular weight excluding hydrogens is 446 g/mol. The molecule has 3 aliphatic rings. The molecule has 1 aromatic carbocycles. The van der Waals surface area contributed by atoms with Gasteiger partial charge in [-0.05, 0) is 43.9 Å². The molecule has 1 saturated heterocycles. The van der Waals surface area contributed by atoms with Gasteiger partial charge in [0.1, 0.15) is 6.54 Å². The average Bonchev–Trinajstić information content (AvgIpc) is 2.90. The Hall–Kier alpha value is -1.58. The van der Waals surface area contributed by atoms with Crippen LogP contribution in [0.4, 0.5) is 5.69 Å². The lowest BCUT2D eigenvalue weighted by Crippen LogP contribution is -2.45. The molecule has 1 atom stereocenters. The number of amides is 2. The number of carbonyl (C=O) groups excluding carboxylic acids is 2. The van der Waals surface area contributed by atoms with E-state index in [1.165, 1.54) is 15.6 Å². The molecule has 7 nitrogen and oxygen atoms in total. The number of sulfonamides is 1. The van der Waals surface area contributed by atoms with Gasteiger partial charge in [-0.15, -0.1) is 11.8 Å². The van der Waals surface area contributed by atoms with E-state index in [0.29, 0.717) is 25.2 Å². The third-order valence-electron chi connectivity index (χ3n) is 6.54. The molecule has 0 spiro atoms. The summed E-state index contributed by atoms with van der Waals surface area (Å²) < 4.78 is 28.0. The van der Waals surface area contributed by atoms with Crippen LogP contribution in [-0.2, 0) is 19.6 Å². The molecule has 0 aromatic heterocycles. The molecule has 1 unspecified atom stereocenters. The molecule has 1 aliphatic carbocycles. The summed E-state index contributed by atoms with van der Waals surface area (Å²) in [4.78, 5) is 28.4. The number of hydrogen-bond acceptors (Lipinski definition) is 5. The first-order chi connectivity index (χ1) is 15.3. The maximum absolute atomic E-state index is 13.2. The first kappa shape index (κ1) is 23.6. The Morgan fingerprint density at radius 3 is 2.50 bits per heavy atom. The molecule has 1 saturated carbocycles. The van der Waals surface area contributed by atoms with Crippen molar-refractivity contribution in [2.45, 2.75) is 85.8 Å². The normalized spacial score (nSPS) is 23.5. The van der Waals surface area contributed by atoms with Gasteiger partial charge in [0.25, 0.3) is 0 Å². The molecule has 0 bridgehead atoms. The number of hydrogen-bond donors (Lipinski definition) is 1. The van der Waals surface area contributed by atoms with Gasteiger partial charge in [0.2, 0.25) is 21.8 Å². The molecule has 2 heterocycles. The zero-order valence-electron chi connectivity index (χ0n) is 18.7. The van der Waals surface area contributed by atoms with Crippen molar-refractivity contribution in [2.75, 3.05) is 24.5 Å². The highest BCUT2D eigenvalue weighted by molar-refractivity contribution is 8.00. The molecule has 1 aromatic rings. The van der Waals surface area contributed by atoms with Gasteiger partial charge in [0, 0.05) is 35.7 Å². The Morgan fingerprint density at radius 1 is 1.09 bits per heavy atom. The van der Waals surface area contributed by atoms with Crippen LogP contribution >= 0.6 is 11.8 Å². The molecule has 176 valence electrons. The van der Waals surface area contributed by atoms with E-state index in [-0.39, 0.29) is 34.5 Å². The predicted octanol–water partition coefficient (Wildman–Crippen LogP) is 3.53. The number of rotatable bonds is 5. The van der Waals surface area contributed by atoms with E-state index in [1.807, 2.05) is 6.92 Å². The summed E-state index contributed by atoms with van der Waals surface area (Å²) in [5, 5.41) is 3.13. The fourth-order valence-electron chi connectivity index (χ4n) is 4.81. The fourth-order valence-corrected chi connectivity index (χ4v) is 7.44. The smallest absolute Gasteiger partial charge is 0.243 e. The molecular formula is C23H33N3O4S2. The quantitative estimate of drug-likeness (QED) is 0.698. The third-order valence-corrected chi connectivity index (χ3v) is 9.60. The molecule has 2 aliphatic heterocycles. The SMILES string of the molecule is CC1CC(=O)N(CC(=O)NC2CCCCC2)c2cc(S(=O)(=O)N3CCCCC3)ccc2S1. The van der Waals surface area contributed by atoms with Crippen molar-refractivity contribution in [2.24, 2.45) is 0 Å². The summed E-state index contributed by atoms with van der Waals surface area (Å²) in [6, 6.07) is 5.18. The van der Waals surface area contributed by atoms with E-state index in [2.05, 4.69) is 5.32 Å². The summed E-state index contributed by atoms with van der Waals surface area (Å²) in [6.45, 7) is 2.95. The third kappa shape index (κ3) is 5.31. The first-order valence-corrected chi connectivity index (χ1v) is 14.1. The summed E-state index contributed by atoms with van der Waals surface area (Å²) in [5.74, 6) is -0.324. The minimum absolute atomic E-state index is 0.0530. The summed E-state index contributed by atoms with van der Waals surface area (Å²) >= 11 is 1.56. The van der Waals surface area contributed by atoms with E-state index < -0.39 is 10.0 Å². The van der Waals surface area contributed by atoms with Crippen molar-refractivity contribution in [3.05, 3.63) is 18.2 Å². The number of fused-ring (bicyclic) bond motifs is 1. The van der Waals surface area contributed by atoms with E-state index in [9.17, 15) is 18.0 Å². The van der Waals surface area contributed by atoms with Crippen LogP contribution in [0, 0.1) is 0 Å². The van der Waals surface area contributed by atoms with Gasteiger partial charge >= 0.3 is 0 Å². The van der Waals surface area contributed by atoms with Gasteiger partial charge in [-0.25, -0.2) is 8.42 Å². The minimum atomic E-state index is -3.63. The summed E-state index contributed by atoms with van der Waals surface area (Å²) in [7, 11) is -3.63. The Balaban J connectivity index is 1.60. The van der Waals surface area contributed by atoms with Gasteiger partial charge in [-0.3, -0.25) is 9.59 Å². The number of thioether (sulfide) groups is 1. The van der Waals surface area contributed by atoms with E-state index in [1.54, 1.807) is 30.0 Å². The number of nitrogens with one attached hydrogen (secondary N) is 1. The van der Waals surface area contributed by atoms with Crippen molar-refractivity contribution in [1.29, 1.82) is 0 Å². The van der Waals surface area contributed by atoms with Crippen LogP contribution in [0.2, 0.25) is 0 Å². The topological polar surface area (TPSA) is 86.8 Å². The lowest BCUT2D eigenvalue weighted by atomic mass is 9.95. The number of benzene rings is 1. The monoisotopic (exact) mass is 479 g/mol. The van der Waals surface area contributed by atoms with Crippen molar-refractivity contribution >= 4 is 39.3 Å². The summed E-state index contributed by atoms with van der Waals surface area (Å²) in [5.41, 5.74) is 0.529. The van der Waals surface area contributed by atoms with Crippen LogP contribution in [-0.4, -0.2) is 55.5 Å². The van der Waals surface area contributed by atoms with Crippen LogP contribution in [0.1, 0.15) is 64.7 Å². The lowest BCUT2D eigenvalue weighted by Gasteiger charge is -2.28. The summed E-state index contributed by atoms with van der Waals surface area (Å²) in [6.07, 6.45) is 8.46. The molecule has 1 N–H and O–H groups in total. The largest absolute Gasteiger partial charge is 0.352 e.